The van der Waals surface area contributed by atoms with Crippen LogP contribution in [-0.4, -0.2) is 57.2 Å². The molecule has 0 aliphatic carbocycles. The SMILES string of the molecule is COc1ccc(C=CC(=O)N(CCN(C)C)c2nc3c(C)ccc(Cl)c3s2)cc1OC.Cl. The minimum atomic E-state index is -0.149. The van der Waals surface area contributed by atoms with Crippen molar-refractivity contribution in [3.05, 3.63) is 52.6 Å². The minimum absolute atomic E-state index is 0. The summed E-state index contributed by atoms with van der Waals surface area (Å²) in [6.07, 6.45) is 3.32. The number of hydrogen-bond acceptors (Lipinski definition) is 6. The zero-order valence-corrected chi connectivity index (χ0v) is 21.1. The lowest BCUT2D eigenvalue weighted by Crippen LogP contribution is -2.35. The first kappa shape index (κ1) is 25.9. The van der Waals surface area contributed by atoms with Gasteiger partial charge in [-0.05, 0) is 56.4 Å². The molecule has 1 heterocycles. The molecule has 1 amide bonds. The lowest BCUT2D eigenvalue weighted by atomic mass is 10.2. The summed E-state index contributed by atoms with van der Waals surface area (Å²) in [4.78, 5) is 21.6. The van der Waals surface area contributed by atoms with E-state index in [0.717, 1.165) is 21.3 Å². The summed E-state index contributed by atoms with van der Waals surface area (Å²) < 4.78 is 11.5. The van der Waals surface area contributed by atoms with Gasteiger partial charge in [0.05, 0.1) is 29.5 Å². The molecule has 0 N–H and O–H groups in total. The molecule has 0 bridgehead atoms. The lowest BCUT2D eigenvalue weighted by molar-refractivity contribution is -0.114. The quantitative estimate of drug-likeness (QED) is 0.396. The number of aromatic nitrogens is 1. The second kappa shape index (κ2) is 11.5. The molecule has 1 aromatic heterocycles. The van der Waals surface area contributed by atoms with Crippen LogP contribution in [0.5, 0.6) is 11.5 Å². The summed E-state index contributed by atoms with van der Waals surface area (Å²) in [6, 6.07) is 9.32. The Labute approximate surface area is 203 Å². The maximum Gasteiger partial charge on any atom is 0.252 e. The number of benzene rings is 2. The van der Waals surface area contributed by atoms with Gasteiger partial charge in [0.15, 0.2) is 16.6 Å². The average Bonchev–Trinajstić information content (AvgIpc) is 3.21. The largest absolute Gasteiger partial charge is 0.493 e. The third kappa shape index (κ3) is 5.92. The number of carbonyl (C=O) groups is 1. The van der Waals surface area contributed by atoms with Crippen LogP contribution in [0, 0.1) is 6.92 Å². The molecule has 9 heteroatoms. The lowest BCUT2D eigenvalue weighted by Gasteiger charge is -2.20. The molecule has 0 radical (unpaired) electrons. The Kier molecular flexibility index (Phi) is 9.33. The molecule has 3 aromatic rings. The van der Waals surface area contributed by atoms with Crippen LogP contribution >= 0.6 is 35.3 Å². The molecule has 0 saturated carbocycles. The monoisotopic (exact) mass is 495 g/mol. The molecule has 0 fully saturated rings. The number of ether oxygens (including phenoxy) is 2. The van der Waals surface area contributed by atoms with E-state index in [4.69, 9.17) is 26.1 Å². The maximum atomic E-state index is 13.2. The number of nitrogens with zero attached hydrogens (tertiary/aromatic N) is 3. The standard InChI is InChI=1S/C23H26ClN3O3S.ClH/c1-15-6-9-17(24)22-21(15)25-23(31-22)27(13-12-26(2)3)20(28)11-8-16-7-10-18(29-4)19(14-16)30-5;/h6-11,14H,12-13H2,1-5H3;1H. The van der Waals surface area contributed by atoms with E-state index in [0.29, 0.717) is 34.7 Å². The van der Waals surface area contributed by atoms with Crippen molar-refractivity contribution in [1.82, 2.24) is 9.88 Å². The average molecular weight is 496 g/mol. The minimum Gasteiger partial charge on any atom is -0.493 e. The number of methoxy groups -OCH3 is 2. The molecule has 0 saturated heterocycles. The first-order chi connectivity index (χ1) is 14.8. The number of rotatable bonds is 8. The fraction of sp³-hybridized carbons (Fsp3) is 0.304. The zero-order valence-electron chi connectivity index (χ0n) is 18.7. The highest BCUT2D eigenvalue weighted by molar-refractivity contribution is 7.23. The molecule has 172 valence electrons. The van der Waals surface area contributed by atoms with E-state index in [1.807, 2.05) is 56.3 Å². The molecular weight excluding hydrogens is 469 g/mol. The molecule has 32 heavy (non-hydrogen) atoms. The second-order valence-corrected chi connectivity index (χ2v) is 8.66. The molecule has 0 spiro atoms. The van der Waals surface area contributed by atoms with Gasteiger partial charge in [-0.15, -0.1) is 12.4 Å². The van der Waals surface area contributed by atoms with Crippen LogP contribution in [0.1, 0.15) is 11.1 Å². The van der Waals surface area contributed by atoms with Crippen molar-refractivity contribution in [3.63, 3.8) is 0 Å². The molecule has 3 rings (SSSR count). The second-order valence-electron chi connectivity index (χ2n) is 7.28. The normalized spacial score (nSPS) is 11.1. The van der Waals surface area contributed by atoms with Gasteiger partial charge in [0, 0.05) is 19.2 Å². The fourth-order valence-electron chi connectivity index (χ4n) is 3.02. The van der Waals surface area contributed by atoms with Gasteiger partial charge in [-0.3, -0.25) is 9.69 Å². The van der Waals surface area contributed by atoms with E-state index < -0.39 is 0 Å². The van der Waals surface area contributed by atoms with E-state index in [-0.39, 0.29) is 18.3 Å². The maximum absolute atomic E-state index is 13.2. The van der Waals surface area contributed by atoms with Crippen LogP contribution in [0.25, 0.3) is 16.3 Å². The number of aryl methyl sites for hydroxylation is 1. The van der Waals surface area contributed by atoms with E-state index >= 15 is 0 Å². The third-order valence-corrected chi connectivity index (χ3v) is 6.32. The Morgan fingerprint density at radius 3 is 2.47 bits per heavy atom. The van der Waals surface area contributed by atoms with Crippen LogP contribution < -0.4 is 14.4 Å². The van der Waals surface area contributed by atoms with Crippen LogP contribution in [0.3, 0.4) is 0 Å². The van der Waals surface area contributed by atoms with Crippen LogP contribution in [0.4, 0.5) is 5.13 Å². The van der Waals surface area contributed by atoms with Crippen molar-refractivity contribution < 1.29 is 14.3 Å². The predicted octanol–water partition coefficient (Wildman–Crippen LogP) is 5.31. The summed E-state index contributed by atoms with van der Waals surface area (Å²) in [6.45, 7) is 3.21. The van der Waals surface area contributed by atoms with Crippen molar-refractivity contribution in [1.29, 1.82) is 0 Å². The number of fused-ring (bicyclic) bond motifs is 1. The van der Waals surface area contributed by atoms with Crippen molar-refractivity contribution in [2.45, 2.75) is 6.92 Å². The van der Waals surface area contributed by atoms with Gasteiger partial charge in [-0.25, -0.2) is 4.98 Å². The predicted molar refractivity (Wildman–Crippen MR) is 136 cm³/mol. The zero-order chi connectivity index (χ0) is 22.5. The van der Waals surface area contributed by atoms with Crippen LogP contribution in [0.2, 0.25) is 5.02 Å². The highest BCUT2D eigenvalue weighted by Gasteiger charge is 2.20. The number of thiazole rings is 1. The molecule has 0 atom stereocenters. The van der Waals surface area contributed by atoms with E-state index in [2.05, 4.69) is 0 Å². The van der Waals surface area contributed by atoms with E-state index in [9.17, 15) is 4.79 Å². The highest BCUT2D eigenvalue weighted by atomic mass is 35.5. The van der Waals surface area contributed by atoms with Crippen molar-refractivity contribution in [2.24, 2.45) is 0 Å². The smallest absolute Gasteiger partial charge is 0.252 e. The van der Waals surface area contributed by atoms with Crippen molar-refractivity contribution in [2.75, 3.05) is 46.3 Å². The van der Waals surface area contributed by atoms with Gasteiger partial charge < -0.3 is 14.4 Å². The van der Waals surface area contributed by atoms with Gasteiger partial charge in [0.2, 0.25) is 0 Å². The first-order valence-corrected chi connectivity index (χ1v) is 11.0. The van der Waals surface area contributed by atoms with E-state index in [1.165, 1.54) is 11.3 Å². The number of amides is 1. The molecule has 0 aliphatic rings. The molecule has 0 unspecified atom stereocenters. The number of carbonyl (C=O) groups excluding carboxylic acids is 1. The Bertz CT molecular complexity index is 1080. The Morgan fingerprint density at radius 1 is 1.12 bits per heavy atom. The molecular formula is C23H27Cl2N3O3S. The van der Waals surface area contributed by atoms with Gasteiger partial charge in [0.25, 0.3) is 5.91 Å². The molecule has 2 aromatic carbocycles. The van der Waals surface area contributed by atoms with Crippen LogP contribution in [-0.2, 0) is 4.79 Å². The van der Waals surface area contributed by atoms with Gasteiger partial charge in [-0.1, -0.05) is 35.1 Å². The Hall–Kier alpha value is -2.32. The summed E-state index contributed by atoms with van der Waals surface area (Å²) >= 11 is 7.80. The molecule has 0 aliphatic heterocycles. The number of halogens is 2. The first-order valence-electron chi connectivity index (χ1n) is 9.76. The topological polar surface area (TPSA) is 54.9 Å². The fourth-order valence-corrected chi connectivity index (χ4v) is 4.37. The number of hydrogen-bond donors (Lipinski definition) is 0. The van der Waals surface area contributed by atoms with Crippen LogP contribution in [0.15, 0.2) is 36.4 Å². The van der Waals surface area contributed by atoms with Gasteiger partial charge in [-0.2, -0.15) is 0 Å². The summed E-state index contributed by atoms with van der Waals surface area (Å²) in [7, 11) is 7.12. The molecule has 6 nitrogen and oxygen atoms in total. The highest BCUT2D eigenvalue weighted by Crippen LogP contribution is 2.36. The Balaban J connectivity index is 0.00000363. The Morgan fingerprint density at radius 2 is 1.84 bits per heavy atom. The van der Waals surface area contributed by atoms with Crippen molar-refractivity contribution in [3.8, 4) is 11.5 Å². The number of likely N-dealkylation sites (N-methyl/N-ethyl adjacent to an activating group) is 1. The number of anilines is 1. The van der Waals surface area contributed by atoms with E-state index in [1.54, 1.807) is 31.3 Å². The van der Waals surface area contributed by atoms with Gasteiger partial charge >= 0.3 is 0 Å². The van der Waals surface area contributed by atoms with Crippen molar-refractivity contribution >= 4 is 62.7 Å². The summed E-state index contributed by atoms with van der Waals surface area (Å²) in [5.74, 6) is 1.10. The van der Waals surface area contributed by atoms with Gasteiger partial charge in [0.1, 0.15) is 0 Å². The third-order valence-electron chi connectivity index (χ3n) is 4.78. The summed E-state index contributed by atoms with van der Waals surface area (Å²) in [5.41, 5.74) is 2.70. The summed E-state index contributed by atoms with van der Waals surface area (Å²) in [5, 5.41) is 1.28.